The summed E-state index contributed by atoms with van der Waals surface area (Å²) in [4.78, 5) is 33.9. The van der Waals surface area contributed by atoms with Gasteiger partial charge in [-0.3, -0.25) is 19.7 Å². The third-order valence-corrected chi connectivity index (χ3v) is 3.15. The number of benzene rings is 1. The fourth-order valence-corrected chi connectivity index (χ4v) is 1.98. The SMILES string of the molecule is Cc1ccc(=O)n(CC(=O)Nc2cc([N+](=O)[O-])ccc2C)c1. The Balaban J connectivity index is 2.19. The molecule has 0 bridgehead atoms. The molecule has 2 rings (SSSR count). The quantitative estimate of drug-likeness (QED) is 0.690. The highest BCUT2D eigenvalue weighted by Crippen LogP contribution is 2.21. The Labute approximate surface area is 126 Å². The normalized spacial score (nSPS) is 10.3. The molecule has 1 amide bonds. The fourth-order valence-electron chi connectivity index (χ4n) is 1.98. The van der Waals surface area contributed by atoms with Gasteiger partial charge in [0.05, 0.1) is 10.6 Å². The number of pyridine rings is 1. The van der Waals surface area contributed by atoms with E-state index in [9.17, 15) is 19.7 Å². The molecule has 0 unspecified atom stereocenters. The van der Waals surface area contributed by atoms with Crippen molar-refractivity contribution in [2.24, 2.45) is 0 Å². The topological polar surface area (TPSA) is 94.2 Å². The highest BCUT2D eigenvalue weighted by Gasteiger charge is 2.11. The van der Waals surface area contributed by atoms with Crippen molar-refractivity contribution < 1.29 is 9.72 Å². The molecule has 7 heteroatoms. The lowest BCUT2D eigenvalue weighted by Gasteiger charge is -2.10. The van der Waals surface area contributed by atoms with Crippen molar-refractivity contribution >= 4 is 17.3 Å². The van der Waals surface area contributed by atoms with Crippen LogP contribution in [0.15, 0.2) is 41.3 Å². The van der Waals surface area contributed by atoms with Crippen molar-refractivity contribution in [1.82, 2.24) is 4.57 Å². The summed E-state index contributed by atoms with van der Waals surface area (Å²) in [6.07, 6.45) is 1.59. The van der Waals surface area contributed by atoms with E-state index in [0.29, 0.717) is 11.3 Å². The standard InChI is InChI=1S/C15H15N3O4/c1-10-3-6-15(20)17(8-10)9-14(19)16-13-7-12(18(21)22)5-4-11(13)2/h3-8H,9H2,1-2H3,(H,16,19). The molecule has 1 aromatic heterocycles. The zero-order valence-electron chi connectivity index (χ0n) is 12.2. The van der Waals surface area contributed by atoms with Crippen LogP contribution in [-0.2, 0) is 11.3 Å². The molecule has 7 nitrogen and oxygen atoms in total. The molecule has 1 aromatic carbocycles. The van der Waals surface area contributed by atoms with Gasteiger partial charge in [0.1, 0.15) is 6.54 Å². The van der Waals surface area contributed by atoms with Gasteiger partial charge in [-0.25, -0.2) is 0 Å². The Morgan fingerprint density at radius 2 is 2.00 bits per heavy atom. The third-order valence-electron chi connectivity index (χ3n) is 3.15. The van der Waals surface area contributed by atoms with Gasteiger partial charge in [-0.2, -0.15) is 0 Å². The number of rotatable bonds is 4. The average Bonchev–Trinajstić information content (AvgIpc) is 2.45. The number of anilines is 1. The summed E-state index contributed by atoms with van der Waals surface area (Å²) in [5.41, 5.74) is 1.54. The number of carbonyl (C=O) groups excluding carboxylic acids is 1. The van der Waals surface area contributed by atoms with Gasteiger partial charge >= 0.3 is 0 Å². The van der Waals surface area contributed by atoms with Gasteiger partial charge in [0, 0.05) is 24.4 Å². The smallest absolute Gasteiger partial charge is 0.271 e. The molecule has 0 atom stereocenters. The first-order valence-electron chi connectivity index (χ1n) is 6.59. The number of nitro benzene ring substituents is 1. The number of non-ortho nitro benzene ring substituents is 1. The number of nitrogens with one attached hydrogen (secondary N) is 1. The van der Waals surface area contributed by atoms with Crippen LogP contribution in [0.1, 0.15) is 11.1 Å². The van der Waals surface area contributed by atoms with Crippen LogP contribution in [0, 0.1) is 24.0 Å². The van der Waals surface area contributed by atoms with Crippen molar-refractivity contribution in [3.63, 3.8) is 0 Å². The van der Waals surface area contributed by atoms with E-state index in [4.69, 9.17) is 0 Å². The van der Waals surface area contributed by atoms with Crippen LogP contribution in [0.2, 0.25) is 0 Å². The van der Waals surface area contributed by atoms with E-state index in [1.807, 2.05) is 6.92 Å². The Morgan fingerprint density at radius 3 is 2.68 bits per heavy atom. The van der Waals surface area contributed by atoms with Gasteiger partial charge in [0.25, 0.3) is 11.2 Å². The first-order chi connectivity index (χ1) is 10.4. The van der Waals surface area contributed by atoms with Crippen LogP contribution in [0.4, 0.5) is 11.4 Å². The molecule has 0 saturated carbocycles. The van der Waals surface area contributed by atoms with Crippen LogP contribution < -0.4 is 10.9 Å². The molecule has 1 N–H and O–H groups in total. The summed E-state index contributed by atoms with van der Waals surface area (Å²) < 4.78 is 1.29. The van der Waals surface area contributed by atoms with Gasteiger partial charge < -0.3 is 9.88 Å². The molecule has 0 fully saturated rings. The molecule has 0 radical (unpaired) electrons. The highest BCUT2D eigenvalue weighted by atomic mass is 16.6. The molecule has 0 aliphatic rings. The van der Waals surface area contributed by atoms with E-state index < -0.39 is 10.8 Å². The van der Waals surface area contributed by atoms with Crippen molar-refractivity contribution in [3.05, 3.63) is 68.1 Å². The Morgan fingerprint density at radius 1 is 1.27 bits per heavy atom. The molecule has 2 aromatic rings. The number of aromatic nitrogens is 1. The first-order valence-corrected chi connectivity index (χ1v) is 6.59. The van der Waals surface area contributed by atoms with Crippen molar-refractivity contribution in [3.8, 4) is 0 Å². The average molecular weight is 301 g/mol. The summed E-state index contributed by atoms with van der Waals surface area (Å²) in [7, 11) is 0. The van der Waals surface area contributed by atoms with Crippen LogP contribution in [-0.4, -0.2) is 15.4 Å². The summed E-state index contributed by atoms with van der Waals surface area (Å²) in [5, 5.41) is 13.4. The number of hydrogen-bond acceptors (Lipinski definition) is 4. The predicted octanol–water partition coefficient (Wildman–Crippen LogP) is 2.01. The van der Waals surface area contributed by atoms with Crippen LogP contribution in [0.3, 0.4) is 0 Å². The predicted molar refractivity (Wildman–Crippen MR) is 81.9 cm³/mol. The van der Waals surface area contributed by atoms with E-state index in [1.54, 1.807) is 25.3 Å². The number of carbonyl (C=O) groups is 1. The van der Waals surface area contributed by atoms with Crippen LogP contribution in [0.25, 0.3) is 0 Å². The second kappa shape index (κ2) is 6.21. The molecule has 1 heterocycles. The maximum absolute atomic E-state index is 12.0. The minimum Gasteiger partial charge on any atom is -0.324 e. The number of aryl methyl sites for hydroxylation is 2. The van der Waals surface area contributed by atoms with Crippen molar-refractivity contribution in [2.75, 3.05) is 5.32 Å². The second-order valence-electron chi connectivity index (χ2n) is 4.98. The minimum atomic E-state index is -0.528. The summed E-state index contributed by atoms with van der Waals surface area (Å²) >= 11 is 0. The lowest BCUT2D eigenvalue weighted by Crippen LogP contribution is -2.27. The van der Waals surface area contributed by atoms with E-state index >= 15 is 0 Å². The van der Waals surface area contributed by atoms with Gasteiger partial charge in [-0.15, -0.1) is 0 Å². The molecule has 114 valence electrons. The Kier molecular flexibility index (Phi) is 4.36. The lowest BCUT2D eigenvalue weighted by molar-refractivity contribution is -0.384. The van der Waals surface area contributed by atoms with E-state index in [0.717, 1.165) is 5.56 Å². The number of nitrogens with zero attached hydrogens (tertiary/aromatic N) is 2. The maximum Gasteiger partial charge on any atom is 0.271 e. The summed E-state index contributed by atoms with van der Waals surface area (Å²) in [6.45, 7) is 3.40. The molecule has 0 spiro atoms. The van der Waals surface area contributed by atoms with Gasteiger partial charge in [-0.05, 0) is 25.0 Å². The monoisotopic (exact) mass is 301 g/mol. The first kappa shape index (κ1) is 15.4. The number of hydrogen-bond donors (Lipinski definition) is 1. The summed E-state index contributed by atoms with van der Waals surface area (Å²) in [5.74, 6) is -0.420. The van der Waals surface area contributed by atoms with Gasteiger partial charge in [0.15, 0.2) is 0 Å². The maximum atomic E-state index is 12.0. The zero-order chi connectivity index (χ0) is 16.3. The second-order valence-corrected chi connectivity index (χ2v) is 4.98. The Hall–Kier alpha value is -2.96. The van der Waals surface area contributed by atoms with Crippen molar-refractivity contribution in [1.29, 1.82) is 0 Å². The minimum absolute atomic E-state index is 0.103. The van der Waals surface area contributed by atoms with Crippen LogP contribution in [0.5, 0.6) is 0 Å². The lowest BCUT2D eigenvalue weighted by atomic mass is 10.2. The molecule has 0 aliphatic heterocycles. The molecular formula is C15H15N3O4. The molecule has 0 saturated heterocycles. The van der Waals surface area contributed by atoms with Gasteiger partial charge in [0.2, 0.25) is 5.91 Å². The third kappa shape index (κ3) is 3.57. The Bertz CT molecular complexity index is 796. The fraction of sp³-hybridized carbons (Fsp3) is 0.200. The summed E-state index contributed by atoms with van der Waals surface area (Å²) in [6, 6.07) is 7.29. The molecule has 22 heavy (non-hydrogen) atoms. The van der Waals surface area contributed by atoms with E-state index in [-0.39, 0.29) is 17.8 Å². The van der Waals surface area contributed by atoms with E-state index in [2.05, 4.69) is 5.32 Å². The van der Waals surface area contributed by atoms with Crippen LogP contribution >= 0.6 is 0 Å². The number of amides is 1. The zero-order valence-corrected chi connectivity index (χ0v) is 12.2. The molecular weight excluding hydrogens is 286 g/mol. The highest BCUT2D eigenvalue weighted by molar-refractivity contribution is 5.91. The van der Waals surface area contributed by atoms with Crippen molar-refractivity contribution in [2.45, 2.75) is 20.4 Å². The number of nitro groups is 1. The molecule has 0 aliphatic carbocycles. The van der Waals surface area contributed by atoms with E-state index in [1.165, 1.54) is 22.8 Å². The van der Waals surface area contributed by atoms with Gasteiger partial charge in [-0.1, -0.05) is 12.1 Å². The largest absolute Gasteiger partial charge is 0.324 e.